The lowest BCUT2D eigenvalue weighted by Crippen LogP contribution is -2.30. The van der Waals surface area contributed by atoms with E-state index in [0.29, 0.717) is 5.75 Å². The van der Waals surface area contributed by atoms with Gasteiger partial charge in [0.1, 0.15) is 11.5 Å². The SMILES string of the molecule is COc1c(O[Si](C)(C)C)c(C)cc(O)c1C(C)C. The average molecular weight is 268 g/mol. The molecule has 1 rings (SSSR count). The Morgan fingerprint density at radius 3 is 2.11 bits per heavy atom. The zero-order valence-electron chi connectivity index (χ0n) is 12.4. The Morgan fingerprint density at radius 1 is 1.17 bits per heavy atom. The predicted octanol–water partition coefficient (Wildman–Crippen LogP) is 4.05. The summed E-state index contributed by atoms with van der Waals surface area (Å²) < 4.78 is 11.6. The van der Waals surface area contributed by atoms with Crippen molar-refractivity contribution in [3.05, 3.63) is 17.2 Å². The van der Waals surface area contributed by atoms with Crippen molar-refractivity contribution in [2.45, 2.75) is 46.3 Å². The van der Waals surface area contributed by atoms with Gasteiger partial charge in [-0.05, 0) is 44.1 Å². The summed E-state index contributed by atoms with van der Waals surface area (Å²) in [6.45, 7) is 12.4. The summed E-state index contributed by atoms with van der Waals surface area (Å²) in [7, 11) is -0.0916. The molecule has 0 aliphatic carbocycles. The second-order valence-corrected chi connectivity index (χ2v) is 10.3. The van der Waals surface area contributed by atoms with E-state index in [1.54, 1.807) is 13.2 Å². The second kappa shape index (κ2) is 5.22. The summed E-state index contributed by atoms with van der Waals surface area (Å²) in [4.78, 5) is 0. The Hall–Kier alpha value is -1.16. The van der Waals surface area contributed by atoms with Gasteiger partial charge in [0.25, 0.3) is 0 Å². The number of aromatic hydroxyl groups is 1. The van der Waals surface area contributed by atoms with Gasteiger partial charge in [-0.1, -0.05) is 13.8 Å². The molecule has 0 radical (unpaired) electrons. The number of methoxy groups -OCH3 is 1. The van der Waals surface area contributed by atoms with Gasteiger partial charge in [0, 0.05) is 5.56 Å². The van der Waals surface area contributed by atoms with Gasteiger partial charge in [0.15, 0.2) is 5.75 Å². The summed E-state index contributed by atoms with van der Waals surface area (Å²) in [5.74, 6) is 1.91. The fourth-order valence-electron chi connectivity index (χ4n) is 1.96. The molecule has 18 heavy (non-hydrogen) atoms. The van der Waals surface area contributed by atoms with Crippen LogP contribution >= 0.6 is 0 Å². The minimum absolute atomic E-state index is 0.185. The van der Waals surface area contributed by atoms with Crippen molar-refractivity contribution in [1.29, 1.82) is 0 Å². The van der Waals surface area contributed by atoms with Crippen molar-refractivity contribution < 1.29 is 14.3 Å². The standard InChI is InChI=1S/C14H24O3Si/c1-9(2)12-11(15)8-10(3)13(14(12)16-4)17-18(5,6)7/h8-9,15H,1-7H3. The van der Waals surface area contributed by atoms with Crippen molar-refractivity contribution in [2.75, 3.05) is 7.11 Å². The third-order valence-corrected chi connectivity index (χ3v) is 3.44. The molecule has 1 aromatic carbocycles. The van der Waals surface area contributed by atoms with Crippen LogP contribution < -0.4 is 9.16 Å². The third-order valence-electron chi connectivity index (χ3n) is 2.63. The lowest BCUT2D eigenvalue weighted by atomic mass is 9.98. The lowest BCUT2D eigenvalue weighted by Gasteiger charge is -2.25. The maximum atomic E-state index is 10.1. The molecule has 0 fully saturated rings. The number of ether oxygens (including phenoxy) is 1. The van der Waals surface area contributed by atoms with E-state index in [9.17, 15) is 5.11 Å². The molecule has 0 unspecified atom stereocenters. The number of hydrogen-bond acceptors (Lipinski definition) is 3. The van der Waals surface area contributed by atoms with Gasteiger partial charge >= 0.3 is 0 Å². The van der Waals surface area contributed by atoms with Gasteiger partial charge in [-0.25, -0.2) is 0 Å². The van der Waals surface area contributed by atoms with Crippen LogP contribution in [0.4, 0.5) is 0 Å². The largest absolute Gasteiger partial charge is 0.542 e. The van der Waals surface area contributed by atoms with Gasteiger partial charge < -0.3 is 14.3 Å². The van der Waals surface area contributed by atoms with E-state index < -0.39 is 8.32 Å². The summed E-state index contributed by atoms with van der Waals surface area (Å²) in [6.07, 6.45) is 0. The van der Waals surface area contributed by atoms with Crippen LogP contribution in [0.15, 0.2) is 6.07 Å². The minimum Gasteiger partial charge on any atom is -0.542 e. The molecule has 0 atom stereocenters. The van der Waals surface area contributed by atoms with Crippen LogP contribution in [0, 0.1) is 6.92 Å². The molecule has 0 saturated heterocycles. The number of benzene rings is 1. The first kappa shape index (κ1) is 14.9. The highest BCUT2D eigenvalue weighted by Crippen LogP contribution is 2.44. The van der Waals surface area contributed by atoms with E-state index in [-0.39, 0.29) is 11.7 Å². The third kappa shape index (κ3) is 3.19. The Morgan fingerprint density at radius 2 is 1.72 bits per heavy atom. The molecule has 0 saturated carbocycles. The van der Waals surface area contributed by atoms with Crippen molar-refractivity contribution in [3.8, 4) is 17.2 Å². The lowest BCUT2D eigenvalue weighted by molar-refractivity contribution is 0.375. The van der Waals surface area contributed by atoms with Crippen LogP contribution in [-0.2, 0) is 0 Å². The Labute approximate surface area is 111 Å². The van der Waals surface area contributed by atoms with E-state index >= 15 is 0 Å². The Bertz CT molecular complexity index is 434. The van der Waals surface area contributed by atoms with E-state index in [2.05, 4.69) is 19.6 Å². The molecule has 1 aromatic rings. The molecular formula is C14H24O3Si. The molecular weight excluding hydrogens is 244 g/mol. The highest BCUT2D eigenvalue weighted by Gasteiger charge is 2.25. The molecule has 3 nitrogen and oxygen atoms in total. The fourth-order valence-corrected chi connectivity index (χ4v) is 2.83. The minimum atomic E-state index is -1.71. The number of aryl methyl sites for hydroxylation is 1. The van der Waals surface area contributed by atoms with Crippen LogP contribution in [0.25, 0.3) is 0 Å². The van der Waals surface area contributed by atoms with E-state index in [0.717, 1.165) is 16.9 Å². The van der Waals surface area contributed by atoms with Gasteiger partial charge in [0.2, 0.25) is 8.32 Å². The van der Waals surface area contributed by atoms with Crippen LogP contribution in [0.3, 0.4) is 0 Å². The zero-order chi connectivity index (χ0) is 14.1. The summed E-state index contributed by atoms with van der Waals surface area (Å²) >= 11 is 0. The van der Waals surface area contributed by atoms with Crippen LogP contribution in [0.5, 0.6) is 17.2 Å². The molecule has 4 heteroatoms. The maximum absolute atomic E-state index is 10.1. The van der Waals surface area contributed by atoms with Crippen LogP contribution in [0.1, 0.15) is 30.9 Å². The molecule has 1 N–H and O–H groups in total. The van der Waals surface area contributed by atoms with Gasteiger partial charge in [0.05, 0.1) is 7.11 Å². The first-order chi connectivity index (χ1) is 8.17. The zero-order valence-corrected chi connectivity index (χ0v) is 13.4. The monoisotopic (exact) mass is 268 g/mol. The summed E-state index contributed by atoms with van der Waals surface area (Å²) in [6, 6.07) is 1.76. The first-order valence-corrected chi connectivity index (χ1v) is 9.67. The Kier molecular flexibility index (Phi) is 4.32. The fraction of sp³-hybridized carbons (Fsp3) is 0.571. The molecule has 0 heterocycles. The topological polar surface area (TPSA) is 38.7 Å². The first-order valence-electron chi connectivity index (χ1n) is 6.26. The molecule has 0 aliphatic heterocycles. The molecule has 0 bridgehead atoms. The Balaban J connectivity index is 3.45. The number of phenols is 1. The molecule has 0 spiro atoms. The normalized spacial score (nSPS) is 11.8. The summed E-state index contributed by atoms with van der Waals surface area (Å²) in [5.41, 5.74) is 1.73. The highest BCUT2D eigenvalue weighted by atomic mass is 28.4. The highest BCUT2D eigenvalue weighted by molar-refractivity contribution is 6.70. The summed E-state index contributed by atoms with van der Waals surface area (Å²) in [5, 5.41) is 10.1. The van der Waals surface area contributed by atoms with E-state index in [1.165, 1.54) is 0 Å². The van der Waals surface area contributed by atoms with Gasteiger partial charge in [-0.3, -0.25) is 0 Å². The van der Waals surface area contributed by atoms with Crippen LogP contribution in [-0.4, -0.2) is 20.5 Å². The maximum Gasteiger partial charge on any atom is 0.242 e. The second-order valence-electron chi connectivity index (χ2n) is 5.86. The number of rotatable bonds is 4. The molecule has 0 aromatic heterocycles. The quantitative estimate of drug-likeness (QED) is 0.837. The van der Waals surface area contributed by atoms with Crippen molar-refractivity contribution in [2.24, 2.45) is 0 Å². The molecule has 0 aliphatic rings. The van der Waals surface area contributed by atoms with Gasteiger partial charge in [-0.2, -0.15) is 0 Å². The smallest absolute Gasteiger partial charge is 0.242 e. The van der Waals surface area contributed by atoms with Crippen molar-refractivity contribution >= 4 is 8.32 Å². The molecule has 0 amide bonds. The van der Waals surface area contributed by atoms with Crippen molar-refractivity contribution in [3.63, 3.8) is 0 Å². The van der Waals surface area contributed by atoms with Crippen molar-refractivity contribution in [1.82, 2.24) is 0 Å². The predicted molar refractivity (Wildman–Crippen MR) is 77.5 cm³/mol. The van der Waals surface area contributed by atoms with Gasteiger partial charge in [-0.15, -0.1) is 0 Å². The van der Waals surface area contributed by atoms with E-state index in [1.807, 2.05) is 20.8 Å². The number of phenolic OH excluding ortho intramolecular Hbond substituents is 1. The average Bonchev–Trinajstić information content (AvgIpc) is 2.19. The van der Waals surface area contributed by atoms with E-state index in [4.69, 9.17) is 9.16 Å². The van der Waals surface area contributed by atoms with Crippen LogP contribution in [0.2, 0.25) is 19.6 Å². The molecule has 102 valence electrons. The number of hydrogen-bond donors (Lipinski definition) is 1.